The van der Waals surface area contributed by atoms with Gasteiger partial charge in [-0.25, -0.2) is 9.97 Å². The lowest BCUT2D eigenvalue weighted by Gasteiger charge is -2.34. The largest absolute Gasteiger partial charge is 0.369 e. The van der Waals surface area contributed by atoms with Crippen molar-refractivity contribution in [2.75, 3.05) is 43.4 Å². The van der Waals surface area contributed by atoms with Crippen molar-refractivity contribution in [1.29, 1.82) is 0 Å². The first-order chi connectivity index (χ1) is 15.4. The van der Waals surface area contributed by atoms with Gasteiger partial charge in [0.05, 0.1) is 11.4 Å². The minimum Gasteiger partial charge on any atom is -0.369 e. The number of benzene rings is 1. The van der Waals surface area contributed by atoms with Gasteiger partial charge in [-0.15, -0.1) is 0 Å². The first-order valence-electron chi connectivity index (χ1n) is 10.9. The van der Waals surface area contributed by atoms with Gasteiger partial charge < -0.3 is 20.9 Å². The molecule has 3 heterocycles. The number of nitrogens with two attached hydrogens (primary N) is 1. The van der Waals surface area contributed by atoms with Gasteiger partial charge in [-0.3, -0.25) is 9.48 Å². The van der Waals surface area contributed by atoms with Gasteiger partial charge >= 0.3 is 0 Å². The lowest BCUT2D eigenvalue weighted by atomic mass is 10.1. The number of hydrogen-bond donors (Lipinski definition) is 2. The molecule has 0 radical (unpaired) electrons. The molecule has 4 rings (SSSR count). The summed E-state index contributed by atoms with van der Waals surface area (Å²) in [6.45, 7) is 8.11. The predicted molar refractivity (Wildman–Crippen MR) is 126 cm³/mol. The molecule has 1 amide bonds. The van der Waals surface area contributed by atoms with Crippen LogP contribution in [0.5, 0.6) is 0 Å². The molecule has 0 spiro atoms. The van der Waals surface area contributed by atoms with Gasteiger partial charge in [0.2, 0.25) is 5.95 Å². The fourth-order valence-electron chi connectivity index (χ4n) is 4.07. The Morgan fingerprint density at radius 2 is 1.81 bits per heavy atom. The highest BCUT2D eigenvalue weighted by Crippen LogP contribution is 2.28. The number of likely N-dealkylation sites (N-methyl/N-ethyl adjacent to an activating group) is 1. The van der Waals surface area contributed by atoms with E-state index in [1.165, 1.54) is 5.69 Å². The third-order valence-corrected chi connectivity index (χ3v) is 5.98. The van der Waals surface area contributed by atoms with Crippen molar-refractivity contribution in [2.24, 2.45) is 12.8 Å². The summed E-state index contributed by atoms with van der Waals surface area (Å²) in [4.78, 5) is 25.7. The Kier molecular flexibility index (Phi) is 6.09. The Balaban J connectivity index is 1.59. The number of aryl methyl sites for hydroxylation is 2. The average molecular weight is 435 g/mol. The minimum absolute atomic E-state index is 0.261. The zero-order valence-electron chi connectivity index (χ0n) is 19.1. The number of nitrogens with zero attached hydrogens (tertiary/aromatic N) is 6. The van der Waals surface area contributed by atoms with Crippen molar-refractivity contribution in [3.8, 4) is 11.4 Å². The van der Waals surface area contributed by atoms with Gasteiger partial charge in [-0.2, -0.15) is 5.10 Å². The van der Waals surface area contributed by atoms with E-state index in [0.29, 0.717) is 5.95 Å². The molecule has 3 N–H and O–H groups in total. The number of piperazine rings is 1. The Hall–Kier alpha value is -3.46. The van der Waals surface area contributed by atoms with E-state index in [9.17, 15) is 4.79 Å². The van der Waals surface area contributed by atoms with Crippen LogP contribution in [0.1, 0.15) is 28.5 Å². The second-order valence-electron chi connectivity index (χ2n) is 8.19. The lowest BCUT2D eigenvalue weighted by Crippen LogP contribution is -2.44. The number of hydrogen-bond acceptors (Lipinski definition) is 7. The number of carbonyl (C=O) groups excluding carboxylic acids is 1. The highest BCUT2D eigenvalue weighted by atomic mass is 16.1. The van der Waals surface area contributed by atoms with E-state index < -0.39 is 5.91 Å². The van der Waals surface area contributed by atoms with Crippen molar-refractivity contribution in [1.82, 2.24) is 24.6 Å². The van der Waals surface area contributed by atoms with Crippen LogP contribution >= 0.6 is 0 Å². The highest BCUT2D eigenvalue weighted by Gasteiger charge is 2.21. The number of amides is 1. The fourth-order valence-corrected chi connectivity index (χ4v) is 4.07. The van der Waals surface area contributed by atoms with Crippen molar-refractivity contribution in [2.45, 2.75) is 20.3 Å². The quantitative estimate of drug-likeness (QED) is 0.613. The van der Waals surface area contributed by atoms with Crippen molar-refractivity contribution in [3.05, 3.63) is 47.3 Å². The first kappa shape index (κ1) is 21.8. The van der Waals surface area contributed by atoms with E-state index in [-0.39, 0.29) is 5.69 Å². The topological polar surface area (TPSA) is 105 Å². The second-order valence-corrected chi connectivity index (χ2v) is 8.19. The summed E-state index contributed by atoms with van der Waals surface area (Å²) in [5.41, 5.74) is 11.1. The fraction of sp³-hybridized carbons (Fsp3) is 0.391. The van der Waals surface area contributed by atoms with Crippen LogP contribution in [0.25, 0.3) is 11.4 Å². The first-order valence-corrected chi connectivity index (χ1v) is 10.9. The predicted octanol–water partition coefficient (Wildman–Crippen LogP) is 2.34. The average Bonchev–Trinajstić information content (AvgIpc) is 3.09. The van der Waals surface area contributed by atoms with E-state index in [0.717, 1.165) is 60.8 Å². The Bertz CT molecular complexity index is 1110. The maximum Gasteiger partial charge on any atom is 0.269 e. The second kappa shape index (κ2) is 8.96. The summed E-state index contributed by atoms with van der Waals surface area (Å²) in [5, 5.41) is 7.59. The van der Waals surface area contributed by atoms with Crippen LogP contribution in [-0.4, -0.2) is 63.8 Å². The summed E-state index contributed by atoms with van der Waals surface area (Å²) in [5.74, 6) is -0.0546. The summed E-state index contributed by atoms with van der Waals surface area (Å²) >= 11 is 0. The number of aromatic nitrogens is 4. The van der Waals surface area contributed by atoms with Gasteiger partial charge in [0.1, 0.15) is 0 Å². The van der Waals surface area contributed by atoms with Crippen LogP contribution in [0.2, 0.25) is 0 Å². The Morgan fingerprint density at radius 1 is 1.12 bits per heavy atom. The van der Waals surface area contributed by atoms with E-state index in [1.54, 1.807) is 11.7 Å². The molecule has 0 bridgehead atoms. The van der Waals surface area contributed by atoms with Crippen LogP contribution < -0.4 is 16.0 Å². The van der Waals surface area contributed by atoms with Crippen LogP contribution in [0, 0.1) is 6.92 Å². The summed E-state index contributed by atoms with van der Waals surface area (Å²) in [7, 11) is 3.95. The third kappa shape index (κ3) is 4.29. The summed E-state index contributed by atoms with van der Waals surface area (Å²) in [6.07, 6.45) is 2.57. The van der Waals surface area contributed by atoms with Gasteiger partial charge in [0.25, 0.3) is 5.91 Å². The number of anilines is 3. The smallest absolute Gasteiger partial charge is 0.269 e. The Labute approximate surface area is 188 Å². The molecule has 32 heavy (non-hydrogen) atoms. The van der Waals surface area contributed by atoms with Gasteiger partial charge in [0, 0.05) is 56.4 Å². The Morgan fingerprint density at radius 3 is 2.41 bits per heavy atom. The standard InChI is InChI=1S/C23H30N8O/c1-5-16-14-25-23(27-20(16)21-15(2)19(22(24)32)28-30(21)4)26-17-6-8-18(9-7-17)31-12-10-29(3)11-13-31/h6-9,14H,5,10-13H2,1-4H3,(H2,24,32)(H,25,26,27). The zero-order valence-corrected chi connectivity index (χ0v) is 19.1. The monoisotopic (exact) mass is 434 g/mol. The van der Waals surface area contributed by atoms with Crippen molar-refractivity contribution >= 4 is 23.2 Å². The van der Waals surface area contributed by atoms with Crippen molar-refractivity contribution in [3.63, 3.8) is 0 Å². The van der Waals surface area contributed by atoms with Gasteiger partial charge in [-0.1, -0.05) is 6.92 Å². The highest BCUT2D eigenvalue weighted by molar-refractivity contribution is 5.94. The number of nitrogens with one attached hydrogen (secondary N) is 1. The maximum atomic E-state index is 11.7. The molecule has 3 aromatic rings. The molecule has 1 fully saturated rings. The normalized spacial score (nSPS) is 14.6. The molecule has 1 aromatic carbocycles. The molecule has 0 aliphatic carbocycles. The number of primary amides is 1. The number of carbonyl (C=O) groups is 1. The third-order valence-electron chi connectivity index (χ3n) is 5.98. The van der Waals surface area contributed by atoms with Crippen LogP contribution in [-0.2, 0) is 13.5 Å². The summed E-state index contributed by atoms with van der Waals surface area (Å²) < 4.78 is 1.66. The van der Waals surface area contributed by atoms with E-state index in [1.807, 2.05) is 32.2 Å². The molecule has 1 saturated heterocycles. The molecule has 0 saturated carbocycles. The SMILES string of the molecule is CCc1cnc(Nc2ccc(N3CCN(C)CC3)cc2)nc1-c1c(C)c(C(N)=O)nn1C. The van der Waals surface area contributed by atoms with E-state index in [4.69, 9.17) is 10.7 Å². The molecule has 9 heteroatoms. The van der Waals surface area contributed by atoms with E-state index in [2.05, 4.69) is 44.4 Å². The zero-order chi connectivity index (χ0) is 22.8. The van der Waals surface area contributed by atoms with Crippen molar-refractivity contribution < 1.29 is 4.79 Å². The molecule has 9 nitrogen and oxygen atoms in total. The maximum absolute atomic E-state index is 11.7. The molecule has 0 atom stereocenters. The molecule has 1 aliphatic rings. The van der Waals surface area contributed by atoms with Crippen LogP contribution in [0.3, 0.4) is 0 Å². The van der Waals surface area contributed by atoms with Gasteiger partial charge in [-0.05, 0) is 50.2 Å². The van der Waals surface area contributed by atoms with Gasteiger partial charge in [0.15, 0.2) is 5.69 Å². The van der Waals surface area contributed by atoms with Crippen LogP contribution in [0.4, 0.5) is 17.3 Å². The molecular formula is C23H30N8O. The molecule has 2 aromatic heterocycles. The minimum atomic E-state index is -0.546. The summed E-state index contributed by atoms with van der Waals surface area (Å²) in [6, 6.07) is 8.34. The molecule has 168 valence electrons. The lowest BCUT2D eigenvalue weighted by molar-refractivity contribution is 0.0994. The number of rotatable bonds is 6. The van der Waals surface area contributed by atoms with Crippen LogP contribution in [0.15, 0.2) is 30.5 Å². The molecule has 1 aliphatic heterocycles. The molecule has 0 unspecified atom stereocenters. The van der Waals surface area contributed by atoms with E-state index >= 15 is 0 Å². The molecular weight excluding hydrogens is 404 g/mol.